The average molecular weight is 467 g/mol. The number of benzene rings is 2. The van der Waals surface area contributed by atoms with E-state index in [1.54, 1.807) is 27.2 Å². The number of allylic oxidation sites excluding steroid dienone is 1. The summed E-state index contributed by atoms with van der Waals surface area (Å²) in [6.07, 6.45) is 5.99. The number of carbonyl (C=O) groups is 1. The minimum Gasteiger partial charge on any atom is -0.493 e. The van der Waals surface area contributed by atoms with Crippen molar-refractivity contribution in [1.29, 1.82) is 0 Å². The number of methoxy groups -OCH3 is 2. The Kier molecular flexibility index (Phi) is 9.58. The Morgan fingerprint density at radius 3 is 2.41 bits per heavy atom. The second-order valence-corrected chi connectivity index (χ2v) is 8.99. The van der Waals surface area contributed by atoms with Gasteiger partial charge < -0.3 is 18.9 Å². The summed E-state index contributed by atoms with van der Waals surface area (Å²) in [6, 6.07) is 14.8. The zero-order valence-corrected chi connectivity index (χ0v) is 21.1. The summed E-state index contributed by atoms with van der Waals surface area (Å²) < 4.78 is 22.9. The van der Waals surface area contributed by atoms with Crippen molar-refractivity contribution < 1.29 is 23.7 Å². The summed E-state index contributed by atoms with van der Waals surface area (Å²) in [5.41, 5.74) is 4.27. The Bertz CT molecular complexity index is 963. The molecule has 0 aromatic heterocycles. The molecule has 0 radical (unpaired) electrons. The number of unbranched alkanes of at least 4 members (excludes halogenated alkanes) is 1. The number of ether oxygens (including phenoxy) is 4. The van der Waals surface area contributed by atoms with E-state index in [2.05, 4.69) is 31.2 Å². The van der Waals surface area contributed by atoms with Crippen LogP contribution in [-0.2, 0) is 27.1 Å². The van der Waals surface area contributed by atoms with Gasteiger partial charge in [-0.1, -0.05) is 49.8 Å². The van der Waals surface area contributed by atoms with Gasteiger partial charge in [-0.2, -0.15) is 0 Å². The van der Waals surface area contributed by atoms with Crippen molar-refractivity contribution in [3.63, 3.8) is 0 Å². The molecule has 1 saturated heterocycles. The average Bonchev–Trinajstić information content (AvgIpc) is 3.27. The van der Waals surface area contributed by atoms with E-state index >= 15 is 0 Å². The molecule has 1 aliphatic heterocycles. The number of hydrogen-bond acceptors (Lipinski definition) is 5. The molecule has 2 aromatic carbocycles. The zero-order valence-electron chi connectivity index (χ0n) is 21.1. The fraction of sp³-hybridized carbons (Fsp3) is 0.483. The van der Waals surface area contributed by atoms with Crippen molar-refractivity contribution in [3.8, 4) is 11.5 Å². The zero-order chi connectivity index (χ0) is 24.5. The van der Waals surface area contributed by atoms with Crippen molar-refractivity contribution >= 4 is 5.97 Å². The maximum absolute atomic E-state index is 12.4. The van der Waals surface area contributed by atoms with E-state index in [0.29, 0.717) is 30.3 Å². The Hall–Kier alpha value is -2.79. The van der Waals surface area contributed by atoms with E-state index in [1.807, 2.05) is 25.1 Å². The van der Waals surface area contributed by atoms with E-state index in [4.69, 9.17) is 18.9 Å². The van der Waals surface area contributed by atoms with Crippen molar-refractivity contribution in [2.75, 3.05) is 27.4 Å². The molecule has 5 nitrogen and oxygen atoms in total. The topological polar surface area (TPSA) is 54.0 Å². The first-order valence-corrected chi connectivity index (χ1v) is 12.2. The molecule has 34 heavy (non-hydrogen) atoms. The van der Waals surface area contributed by atoms with Gasteiger partial charge in [-0.15, -0.1) is 0 Å². The number of hydrogen-bond donors (Lipinski definition) is 0. The second-order valence-electron chi connectivity index (χ2n) is 8.99. The SMILES string of the molecule is CC=C(C)C(=O)OC[C@H]1[C@@H](Cc2ccc(CCCC)cc2)CO[C@@H]1c1ccc(OC)c(OC)c1. The van der Waals surface area contributed by atoms with E-state index in [-0.39, 0.29) is 23.9 Å². The van der Waals surface area contributed by atoms with Crippen LogP contribution in [0.25, 0.3) is 0 Å². The van der Waals surface area contributed by atoms with Crippen LogP contribution in [0, 0.1) is 11.8 Å². The highest BCUT2D eigenvalue weighted by molar-refractivity contribution is 5.87. The van der Waals surface area contributed by atoms with Gasteiger partial charge in [0.05, 0.1) is 33.5 Å². The van der Waals surface area contributed by atoms with E-state index in [1.165, 1.54) is 24.0 Å². The van der Waals surface area contributed by atoms with Crippen molar-refractivity contribution in [2.45, 2.75) is 52.6 Å². The van der Waals surface area contributed by atoms with Gasteiger partial charge in [-0.25, -0.2) is 4.79 Å². The lowest BCUT2D eigenvalue weighted by molar-refractivity contribution is -0.141. The minimum atomic E-state index is -0.278. The van der Waals surface area contributed by atoms with E-state index < -0.39 is 0 Å². The highest BCUT2D eigenvalue weighted by atomic mass is 16.5. The van der Waals surface area contributed by atoms with Crippen molar-refractivity contribution in [1.82, 2.24) is 0 Å². The lowest BCUT2D eigenvalue weighted by Crippen LogP contribution is -2.24. The molecule has 1 aliphatic rings. The predicted octanol–water partition coefficient (Wildman–Crippen LogP) is 6.10. The van der Waals surface area contributed by atoms with Crippen LogP contribution in [0.1, 0.15) is 56.4 Å². The molecule has 2 aromatic rings. The quantitative estimate of drug-likeness (QED) is 0.296. The van der Waals surface area contributed by atoms with Gasteiger partial charge in [0.15, 0.2) is 11.5 Å². The lowest BCUT2D eigenvalue weighted by atomic mass is 9.84. The highest BCUT2D eigenvalue weighted by Gasteiger charge is 2.39. The standard InChI is InChI=1S/C29H38O5/c1-6-8-9-21-10-12-22(13-11-21)16-24-18-33-28(25(24)19-34-29(30)20(3)7-2)23-14-15-26(31-4)27(17-23)32-5/h7,10-15,17,24-25,28H,6,8-9,16,18-19H2,1-5H3/t24-,25-,28+/m0/s1. The fourth-order valence-corrected chi connectivity index (χ4v) is 4.46. The number of esters is 1. The van der Waals surface area contributed by atoms with Gasteiger partial charge >= 0.3 is 5.97 Å². The van der Waals surface area contributed by atoms with Crippen LogP contribution in [0.2, 0.25) is 0 Å². The van der Waals surface area contributed by atoms with Crippen LogP contribution >= 0.6 is 0 Å². The fourth-order valence-electron chi connectivity index (χ4n) is 4.46. The van der Waals surface area contributed by atoms with E-state index in [0.717, 1.165) is 18.4 Å². The molecule has 0 N–H and O–H groups in total. The Balaban J connectivity index is 1.80. The summed E-state index contributed by atoms with van der Waals surface area (Å²) in [4.78, 5) is 12.4. The summed E-state index contributed by atoms with van der Waals surface area (Å²) in [6.45, 7) is 6.75. The van der Waals surface area contributed by atoms with Crippen molar-refractivity contribution in [3.05, 3.63) is 70.8 Å². The first kappa shape index (κ1) is 25.8. The highest BCUT2D eigenvalue weighted by Crippen LogP contribution is 2.42. The molecule has 3 atom stereocenters. The van der Waals surface area contributed by atoms with Crippen LogP contribution in [0.4, 0.5) is 0 Å². The molecule has 0 amide bonds. The molecular weight excluding hydrogens is 428 g/mol. The molecule has 5 heteroatoms. The molecule has 0 aliphatic carbocycles. The summed E-state index contributed by atoms with van der Waals surface area (Å²) >= 11 is 0. The molecule has 3 rings (SSSR count). The molecule has 1 fully saturated rings. The lowest BCUT2D eigenvalue weighted by Gasteiger charge is -2.24. The van der Waals surface area contributed by atoms with Crippen LogP contribution in [-0.4, -0.2) is 33.4 Å². The molecular formula is C29H38O5. The molecule has 1 heterocycles. The third-order valence-electron chi connectivity index (χ3n) is 6.72. The van der Waals surface area contributed by atoms with Gasteiger partial charge in [0.2, 0.25) is 0 Å². The Morgan fingerprint density at radius 1 is 1.06 bits per heavy atom. The number of aryl methyl sites for hydroxylation is 1. The van der Waals surface area contributed by atoms with Gasteiger partial charge in [-0.3, -0.25) is 0 Å². The van der Waals surface area contributed by atoms with Crippen LogP contribution in [0.5, 0.6) is 11.5 Å². The van der Waals surface area contributed by atoms with Crippen molar-refractivity contribution in [2.24, 2.45) is 11.8 Å². The Morgan fingerprint density at radius 2 is 1.76 bits per heavy atom. The molecule has 0 saturated carbocycles. The van der Waals surface area contributed by atoms with Gasteiger partial charge in [0, 0.05) is 11.5 Å². The second kappa shape index (κ2) is 12.6. The van der Waals surface area contributed by atoms with Gasteiger partial charge in [0.25, 0.3) is 0 Å². The van der Waals surface area contributed by atoms with Gasteiger partial charge in [0.1, 0.15) is 0 Å². The largest absolute Gasteiger partial charge is 0.493 e. The van der Waals surface area contributed by atoms with Crippen LogP contribution < -0.4 is 9.47 Å². The smallest absolute Gasteiger partial charge is 0.333 e. The Labute approximate surface area is 204 Å². The number of rotatable bonds is 11. The molecule has 0 bridgehead atoms. The first-order valence-electron chi connectivity index (χ1n) is 12.2. The van der Waals surface area contributed by atoms with Crippen LogP contribution in [0.15, 0.2) is 54.1 Å². The third kappa shape index (κ3) is 6.41. The monoisotopic (exact) mass is 466 g/mol. The molecule has 0 spiro atoms. The number of carbonyl (C=O) groups excluding carboxylic acids is 1. The van der Waals surface area contributed by atoms with Crippen LogP contribution in [0.3, 0.4) is 0 Å². The normalized spacial score (nSPS) is 20.3. The predicted molar refractivity (Wildman–Crippen MR) is 134 cm³/mol. The molecule has 184 valence electrons. The third-order valence-corrected chi connectivity index (χ3v) is 6.72. The first-order chi connectivity index (χ1) is 16.5. The summed E-state index contributed by atoms with van der Waals surface area (Å²) in [7, 11) is 3.25. The maximum Gasteiger partial charge on any atom is 0.333 e. The van der Waals surface area contributed by atoms with E-state index in [9.17, 15) is 4.79 Å². The summed E-state index contributed by atoms with van der Waals surface area (Å²) in [5, 5.41) is 0. The maximum atomic E-state index is 12.4. The molecule has 0 unspecified atom stereocenters. The summed E-state index contributed by atoms with van der Waals surface area (Å²) in [5.74, 6) is 1.33. The van der Waals surface area contributed by atoms with Gasteiger partial charge in [-0.05, 0) is 67.9 Å². The minimum absolute atomic E-state index is 0.0338.